The summed E-state index contributed by atoms with van der Waals surface area (Å²) in [5.41, 5.74) is 3.36. The van der Waals surface area contributed by atoms with Crippen molar-refractivity contribution in [3.05, 3.63) is 70.7 Å². The number of rotatable bonds is 3. The Morgan fingerprint density at radius 3 is 2.52 bits per heavy atom. The lowest BCUT2D eigenvalue weighted by molar-refractivity contribution is 0.191. The van der Waals surface area contributed by atoms with Crippen LogP contribution < -0.4 is 0 Å². The van der Waals surface area contributed by atoms with Crippen LogP contribution in [0.25, 0.3) is 11.0 Å². The fraction of sp³-hybridized carbons (Fsp3) is 0.222. The van der Waals surface area contributed by atoms with E-state index in [4.69, 9.17) is 4.42 Å². The van der Waals surface area contributed by atoms with Crippen LogP contribution in [0.4, 0.5) is 4.39 Å². The second-order valence-corrected chi connectivity index (χ2v) is 5.23. The van der Waals surface area contributed by atoms with Crippen LogP contribution in [0.1, 0.15) is 35.5 Å². The van der Waals surface area contributed by atoms with Crippen molar-refractivity contribution in [3.8, 4) is 0 Å². The molecule has 1 N–H and O–H groups in total. The van der Waals surface area contributed by atoms with E-state index >= 15 is 0 Å². The Bertz CT molecular complexity index is 772. The zero-order valence-corrected chi connectivity index (χ0v) is 12.1. The van der Waals surface area contributed by atoms with Gasteiger partial charge in [-0.2, -0.15) is 0 Å². The van der Waals surface area contributed by atoms with Gasteiger partial charge in [0.25, 0.3) is 0 Å². The van der Waals surface area contributed by atoms with E-state index < -0.39 is 6.10 Å². The zero-order chi connectivity index (χ0) is 15.0. The van der Waals surface area contributed by atoms with Crippen LogP contribution in [0.2, 0.25) is 0 Å². The summed E-state index contributed by atoms with van der Waals surface area (Å²) in [4.78, 5) is 0. The van der Waals surface area contributed by atoms with Gasteiger partial charge in [0, 0.05) is 10.9 Å². The highest BCUT2D eigenvalue weighted by molar-refractivity contribution is 5.82. The fourth-order valence-electron chi connectivity index (χ4n) is 2.56. The van der Waals surface area contributed by atoms with Crippen LogP contribution >= 0.6 is 0 Å². The van der Waals surface area contributed by atoms with E-state index in [2.05, 4.69) is 6.92 Å². The van der Waals surface area contributed by atoms with Crippen LogP contribution in [0, 0.1) is 12.7 Å². The number of hydrogen-bond donors (Lipinski definition) is 1. The number of furan rings is 1. The van der Waals surface area contributed by atoms with Gasteiger partial charge in [0.2, 0.25) is 0 Å². The molecule has 1 unspecified atom stereocenters. The van der Waals surface area contributed by atoms with Crippen molar-refractivity contribution in [1.29, 1.82) is 0 Å². The van der Waals surface area contributed by atoms with Gasteiger partial charge in [-0.3, -0.25) is 0 Å². The average Bonchev–Trinajstić information content (AvgIpc) is 2.83. The first kappa shape index (κ1) is 13.8. The fourth-order valence-corrected chi connectivity index (χ4v) is 2.56. The largest absolute Gasteiger partial charge is 0.458 e. The quantitative estimate of drug-likeness (QED) is 0.767. The molecule has 3 heteroatoms. The Hall–Kier alpha value is -2.13. The lowest BCUT2D eigenvalue weighted by Gasteiger charge is -2.10. The van der Waals surface area contributed by atoms with Gasteiger partial charge in [0.1, 0.15) is 23.3 Å². The van der Waals surface area contributed by atoms with Gasteiger partial charge < -0.3 is 9.52 Å². The van der Waals surface area contributed by atoms with E-state index in [0.717, 1.165) is 17.5 Å². The summed E-state index contributed by atoms with van der Waals surface area (Å²) in [5.74, 6) is 0.166. The number of benzene rings is 2. The lowest BCUT2D eigenvalue weighted by Crippen LogP contribution is -2.00. The minimum Gasteiger partial charge on any atom is -0.458 e. The van der Waals surface area contributed by atoms with E-state index in [1.54, 1.807) is 6.07 Å². The Labute approximate surface area is 122 Å². The van der Waals surface area contributed by atoms with E-state index in [1.165, 1.54) is 17.7 Å². The molecule has 21 heavy (non-hydrogen) atoms. The van der Waals surface area contributed by atoms with Crippen molar-refractivity contribution in [2.45, 2.75) is 26.4 Å². The first-order chi connectivity index (χ1) is 10.1. The maximum atomic E-state index is 13.3. The molecule has 0 aliphatic rings. The molecule has 3 aromatic rings. The molecule has 108 valence electrons. The summed E-state index contributed by atoms with van der Waals surface area (Å²) < 4.78 is 19.0. The van der Waals surface area contributed by atoms with Gasteiger partial charge in [-0.25, -0.2) is 4.39 Å². The number of fused-ring (bicyclic) bond motifs is 1. The number of aliphatic hydroxyl groups excluding tert-OH is 1. The Morgan fingerprint density at radius 2 is 1.86 bits per heavy atom. The molecule has 1 aromatic heterocycles. The molecule has 0 spiro atoms. The first-order valence-electron chi connectivity index (χ1n) is 7.05. The molecule has 0 fully saturated rings. The normalized spacial score (nSPS) is 12.8. The lowest BCUT2D eigenvalue weighted by atomic mass is 10.0. The van der Waals surface area contributed by atoms with E-state index in [-0.39, 0.29) is 5.82 Å². The van der Waals surface area contributed by atoms with Gasteiger partial charge >= 0.3 is 0 Å². The molecule has 2 nitrogen and oxygen atoms in total. The molecular weight excluding hydrogens is 267 g/mol. The van der Waals surface area contributed by atoms with Crippen LogP contribution in [-0.4, -0.2) is 5.11 Å². The average molecular weight is 284 g/mol. The summed E-state index contributed by atoms with van der Waals surface area (Å²) in [6, 6.07) is 12.2. The minimum atomic E-state index is -0.841. The summed E-state index contributed by atoms with van der Waals surface area (Å²) in [5, 5.41) is 11.2. The molecule has 0 radical (unpaired) electrons. The first-order valence-corrected chi connectivity index (χ1v) is 7.05. The minimum absolute atomic E-state index is 0.306. The molecular formula is C18H17FO2. The maximum Gasteiger partial charge on any atom is 0.141 e. The Balaban J connectivity index is 2.04. The van der Waals surface area contributed by atoms with Gasteiger partial charge in [0.15, 0.2) is 0 Å². The van der Waals surface area contributed by atoms with Crippen LogP contribution in [0.5, 0.6) is 0 Å². The topological polar surface area (TPSA) is 33.4 Å². The van der Waals surface area contributed by atoms with Gasteiger partial charge in [0.05, 0.1) is 0 Å². The molecule has 0 amide bonds. The highest BCUT2D eigenvalue weighted by atomic mass is 19.1. The van der Waals surface area contributed by atoms with Gasteiger partial charge in [-0.1, -0.05) is 31.2 Å². The molecule has 0 saturated heterocycles. The SMILES string of the molecule is CCc1ccc(C(O)c2oc3ccc(F)cc3c2C)cc1. The van der Waals surface area contributed by atoms with Gasteiger partial charge in [-0.05, 0) is 42.7 Å². The summed E-state index contributed by atoms with van der Waals surface area (Å²) in [6.45, 7) is 3.92. The van der Waals surface area contributed by atoms with E-state index in [0.29, 0.717) is 16.7 Å². The zero-order valence-electron chi connectivity index (χ0n) is 12.1. The van der Waals surface area contributed by atoms with Crippen molar-refractivity contribution in [1.82, 2.24) is 0 Å². The smallest absolute Gasteiger partial charge is 0.141 e. The molecule has 1 atom stereocenters. The van der Waals surface area contributed by atoms with Crippen molar-refractivity contribution < 1.29 is 13.9 Å². The Morgan fingerprint density at radius 1 is 1.14 bits per heavy atom. The predicted molar refractivity (Wildman–Crippen MR) is 80.8 cm³/mol. The third-order valence-corrected chi connectivity index (χ3v) is 3.89. The second-order valence-electron chi connectivity index (χ2n) is 5.23. The number of aryl methyl sites for hydroxylation is 2. The standard InChI is InChI=1S/C18H17FO2/c1-3-12-4-6-13(7-5-12)17(20)18-11(2)15-10-14(19)8-9-16(15)21-18/h4-10,17,20H,3H2,1-2H3. The van der Waals surface area contributed by atoms with Crippen LogP contribution in [0.3, 0.4) is 0 Å². The monoisotopic (exact) mass is 284 g/mol. The predicted octanol–water partition coefficient (Wildman–Crippen LogP) is 4.52. The molecule has 0 aliphatic heterocycles. The van der Waals surface area contributed by atoms with Crippen molar-refractivity contribution in [2.24, 2.45) is 0 Å². The highest BCUT2D eigenvalue weighted by Crippen LogP contribution is 2.33. The van der Waals surface area contributed by atoms with Crippen molar-refractivity contribution >= 4 is 11.0 Å². The molecule has 0 aliphatic carbocycles. The van der Waals surface area contributed by atoms with Crippen molar-refractivity contribution in [2.75, 3.05) is 0 Å². The molecule has 3 rings (SSSR count). The van der Waals surface area contributed by atoms with Crippen LogP contribution in [-0.2, 0) is 6.42 Å². The van der Waals surface area contributed by atoms with Crippen LogP contribution in [0.15, 0.2) is 46.9 Å². The number of hydrogen-bond acceptors (Lipinski definition) is 2. The Kier molecular flexibility index (Phi) is 3.52. The highest BCUT2D eigenvalue weighted by Gasteiger charge is 2.20. The third kappa shape index (κ3) is 2.45. The van der Waals surface area contributed by atoms with E-state index in [1.807, 2.05) is 31.2 Å². The molecule has 2 aromatic carbocycles. The molecule has 0 bridgehead atoms. The summed E-state index contributed by atoms with van der Waals surface area (Å²) in [6.07, 6.45) is 0.116. The second kappa shape index (κ2) is 5.34. The third-order valence-electron chi connectivity index (χ3n) is 3.89. The van der Waals surface area contributed by atoms with E-state index in [9.17, 15) is 9.50 Å². The maximum absolute atomic E-state index is 13.3. The summed E-state index contributed by atoms with van der Waals surface area (Å²) >= 11 is 0. The van der Waals surface area contributed by atoms with Gasteiger partial charge in [-0.15, -0.1) is 0 Å². The summed E-state index contributed by atoms with van der Waals surface area (Å²) in [7, 11) is 0. The number of aliphatic hydroxyl groups is 1. The molecule has 0 saturated carbocycles. The van der Waals surface area contributed by atoms with Crippen molar-refractivity contribution in [3.63, 3.8) is 0 Å². The molecule has 1 heterocycles. The number of halogens is 1.